The number of aromatic amines is 1. The van der Waals surface area contributed by atoms with Crippen molar-refractivity contribution in [1.82, 2.24) is 13.9 Å². The number of aromatic nitrogens is 3. The molecule has 0 bridgehead atoms. The van der Waals surface area contributed by atoms with Crippen molar-refractivity contribution in [1.29, 1.82) is 0 Å². The highest BCUT2D eigenvalue weighted by Crippen LogP contribution is 2.36. The summed E-state index contributed by atoms with van der Waals surface area (Å²) >= 11 is 1.30. The molecule has 1 aliphatic rings. The van der Waals surface area contributed by atoms with E-state index in [0.717, 1.165) is 41.6 Å². The van der Waals surface area contributed by atoms with Gasteiger partial charge in [0.1, 0.15) is 22.9 Å². The van der Waals surface area contributed by atoms with Gasteiger partial charge in [-0.15, -0.1) is 0 Å². The Labute approximate surface area is 201 Å². The lowest BCUT2D eigenvalue weighted by atomic mass is 9.96. The average molecular weight is 479 g/mol. The fourth-order valence-corrected chi connectivity index (χ4v) is 4.67. The molecule has 3 aromatic heterocycles. The van der Waals surface area contributed by atoms with Crippen molar-refractivity contribution >= 4 is 28.4 Å². The largest absolute Gasteiger partial charge is 0.355 e. The highest BCUT2D eigenvalue weighted by molar-refractivity contribution is 7.10. The van der Waals surface area contributed by atoms with Crippen molar-refractivity contribution in [3.05, 3.63) is 94.5 Å². The van der Waals surface area contributed by atoms with E-state index in [2.05, 4.69) is 20.8 Å². The van der Waals surface area contributed by atoms with Crippen LogP contribution in [0.1, 0.15) is 30.9 Å². The SMILES string of the molecule is C=C/C(F)=C(\C=C(\CN(c1s[nH]c(=O)c1C)C1CC1)C(C)C=O)c1ccc(-n2cccc2)nc1. The summed E-state index contributed by atoms with van der Waals surface area (Å²) in [4.78, 5) is 30.5. The van der Waals surface area contributed by atoms with E-state index < -0.39 is 11.7 Å². The van der Waals surface area contributed by atoms with E-state index in [0.29, 0.717) is 29.3 Å². The summed E-state index contributed by atoms with van der Waals surface area (Å²) in [5, 5.41) is 0.865. The Morgan fingerprint density at radius 2 is 2.12 bits per heavy atom. The molecule has 0 saturated heterocycles. The van der Waals surface area contributed by atoms with Crippen LogP contribution in [0, 0.1) is 12.8 Å². The Morgan fingerprint density at radius 1 is 1.38 bits per heavy atom. The molecule has 3 aromatic rings. The number of hydrogen-bond donors (Lipinski definition) is 1. The van der Waals surface area contributed by atoms with Gasteiger partial charge in [-0.05, 0) is 73.3 Å². The van der Waals surface area contributed by atoms with Gasteiger partial charge in [-0.1, -0.05) is 13.5 Å². The molecular formula is C26H27FN4O2S. The Morgan fingerprint density at radius 3 is 2.65 bits per heavy atom. The van der Waals surface area contributed by atoms with E-state index in [4.69, 9.17) is 0 Å². The fraction of sp³-hybridized carbons (Fsp3) is 0.269. The molecule has 0 radical (unpaired) electrons. The van der Waals surface area contributed by atoms with Crippen molar-refractivity contribution in [3.63, 3.8) is 0 Å². The Bertz CT molecular complexity index is 1280. The second-order valence-corrected chi connectivity index (χ2v) is 9.22. The number of aldehydes is 1. The predicted octanol–water partition coefficient (Wildman–Crippen LogP) is 5.23. The average Bonchev–Trinajstić information content (AvgIpc) is 3.45. The summed E-state index contributed by atoms with van der Waals surface area (Å²) in [6.07, 6.45) is 11.2. The third-order valence-electron chi connectivity index (χ3n) is 5.99. The molecule has 34 heavy (non-hydrogen) atoms. The van der Waals surface area contributed by atoms with E-state index in [-0.39, 0.29) is 5.56 Å². The van der Waals surface area contributed by atoms with E-state index in [1.54, 1.807) is 32.2 Å². The number of nitrogens with zero attached hydrogens (tertiary/aromatic N) is 3. The van der Waals surface area contributed by atoms with Crippen LogP contribution in [0.15, 0.2) is 77.8 Å². The van der Waals surface area contributed by atoms with Crippen LogP contribution in [0.2, 0.25) is 0 Å². The monoisotopic (exact) mass is 478 g/mol. The van der Waals surface area contributed by atoms with Crippen molar-refractivity contribution in [3.8, 4) is 5.82 Å². The zero-order valence-electron chi connectivity index (χ0n) is 19.2. The van der Waals surface area contributed by atoms with Gasteiger partial charge in [-0.3, -0.25) is 9.17 Å². The lowest BCUT2D eigenvalue weighted by molar-refractivity contribution is -0.109. The quantitative estimate of drug-likeness (QED) is 0.320. The molecule has 1 aliphatic carbocycles. The summed E-state index contributed by atoms with van der Waals surface area (Å²) < 4.78 is 19.7. The molecule has 1 N–H and O–H groups in total. The van der Waals surface area contributed by atoms with Gasteiger partial charge in [0.25, 0.3) is 5.56 Å². The first-order valence-corrected chi connectivity index (χ1v) is 12.0. The van der Waals surface area contributed by atoms with Gasteiger partial charge in [-0.2, -0.15) is 0 Å². The van der Waals surface area contributed by atoms with E-state index in [1.165, 1.54) is 11.5 Å². The first kappa shape index (κ1) is 23.6. The van der Waals surface area contributed by atoms with Gasteiger partial charge in [0.15, 0.2) is 0 Å². The first-order chi connectivity index (χ1) is 16.4. The molecule has 0 amide bonds. The highest BCUT2D eigenvalue weighted by Gasteiger charge is 2.32. The lowest BCUT2D eigenvalue weighted by Crippen LogP contribution is -2.30. The smallest absolute Gasteiger partial charge is 0.263 e. The van der Waals surface area contributed by atoms with E-state index in [1.807, 2.05) is 35.2 Å². The number of anilines is 1. The molecule has 0 aliphatic heterocycles. The third kappa shape index (κ3) is 5.02. The normalized spacial score (nSPS) is 15.6. The topological polar surface area (TPSA) is 71.0 Å². The second-order valence-electron chi connectivity index (χ2n) is 8.43. The number of carbonyl (C=O) groups excluding carboxylic acids is 1. The number of rotatable bonds is 10. The van der Waals surface area contributed by atoms with Crippen LogP contribution in [0.25, 0.3) is 11.4 Å². The van der Waals surface area contributed by atoms with Gasteiger partial charge in [0.2, 0.25) is 0 Å². The molecular weight excluding hydrogens is 451 g/mol. The van der Waals surface area contributed by atoms with Crippen molar-refractivity contribution in [2.75, 3.05) is 11.4 Å². The van der Waals surface area contributed by atoms with Crippen LogP contribution in [0.5, 0.6) is 0 Å². The summed E-state index contributed by atoms with van der Waals surface area (Å²) in [5.74, 6) is -0.209. The third-order valence-corrected chi connectivity index (χ3v) is 7.01. The maximum Gasteiger partial charge on any atom is 0.263 e. The summed E-state index contributed by atoms with van der Waals surface area (Å²) in [7, 11) is 0. The highest BCUT2D eigenvalue weighted by atomic mass is 32.1. The minimum atomic E-state index is -0.494. The molecule has 1 atom stereocenters. The van der Waals surface area contributed by atoms with Gasteiger partial charge < -0.3 is 14.3 Å². The Hall–Kier alpha value is -3.52. The summed E-state index contributed by atoms with van der Waals surface area (Å²) in [5.41, 5.74) is 2.22. The molecule has 0 spiro atoms. The van der Waals surface area contributed by atoms with E-state index >= 15 is 4.39 Å². The molecule has 1 unspecified atom stereocenters. The molecule has 1 saturated carbocycles. The number of carbonyl (C=O) groups is 1. The predicted molar refractivity (Wildman–Crippen MR) is 135 cm³/mol. The maximum atomic E-state index is 15.0. The van der Waals surface area contributed by atoms with Crippen LogP contribution in [0.3, 0.4) is 0 Å². The minimum absolute atomic E-state index is 0.105. The van der Waals surface area contributed by atoms with Gasteiger partial charge in [0.05, 0.1) is 5.56 Å². The second kappa shape index (κ2) is 10.2. The Kier molecular flexibility index (Phi) is 7.07. The molecule has 4 rings (SSSR count). The number of nitrogens with one attached hydrogen (secondary N) is 1. The number of allylic oxidation sites excluding steroid dienone is 4. The van der Waals surface area contributed by atoms with Crippen molar-refractivity contribution in [2.24, 2.45) is 5.92 Å². The van der Waals surface area contributed by atoms with Crippen molar-refractivity contribution < 1.29 is 9.18 Å². The summed E-state index contributed by atoms with van der Waals surface area (Å²) in [6, 6.07) is 7.73. The maximum absolute atomic E-state index is 15.0. The molecule has 176 valence electrons. The molecule has 1 fully saturated rings. The molecule has 8 heteroatoms. The molecule has 3 heterocycles. The van der Waals surface area contributed by atoms with Crippen LogP contribution < -0.4 is 10.5 Å². The Balaban J connectivity index is 1.72. The van der Waals surface area contributed by atoms with Crippen LogP contribution in [-0.4, -0.2) is 32.8 Å². The zero-order chi connectivity index (χ0) is 24.2. The zero-order valence-corrected chi connectivity index (χ0v) is 20.0. The van der Waals surface area contributed by atoms with Crippen LogP contribution in [0.4, 0.5) is 9.39 Å². The van der Waals surface area contributed by atoms with Gasteiger partial charge >= 0.3 is 0 Å². The van der Waals surface area contributed by atoms with E-state index in [9.17, 15) is 9.59 Å². The lowest BCUT2D eigenvalue weighted by Gasteiger charge is -2.26. The standard InChI is InChI=1S/C26H27FN4O2S/c1-4-23(27)22(19-7-10-24(28-14-19)30-11-5-6-12-30)13-20(17(2)16-32)15-31(21-8-9-21)26-18(3)25(33)29-34-26/h4-7,10-14,16-17,21H,1,8-9,15H2,2-3H3,(H,29,33)/b20-13-,23-22-. The molecule has 6 nitrogen and oxygen atoms in total. The first-order valence-electron chi connectivity index (χ1n) is 11.1. The van der Waals surface area contributed by atoms with Gasteiger partial charge in [0, 0.05) is 48.2 Å². The molecule has 0 aromatic carbocycles. The number of H-pyrrole nitrogens is 1. The van der Waals surface area contributed by atoms with Gasteiger partial charge in [-0.25, -0.2) is 9.37 Å². The fourth-order valence-electron chi connectivity index (χ4n) is 3.75. The van der Waals surface area contributed by atoms with Crippen LogP contribution >= 0.6 is 11.5 Å². The number of halogens is 1. The number of hydrogen-bond acceptors (Lipinski definition) is 5. The minimum Gasteiger partial charge on any atom is -0.355 e. The number of pyridine rings is 1. The van der Waals surface area contributed by atoms with Crippen molar-refractivity contribution in [2.45, 2.75) is 32.7 Å². The van der Waals surface area contributed by atoms with Crippen LogP contribution in [-0.2, 0) is 4.79 Å². The summed E-state index contributed by atoms with van der Waals surface area (Å²) in [6.45, 7) is 7.61.